The number of hydrogen-bond acceptors (Lipinski definition) is 9. The second-order valence-corrected chi connectivity index (χ2v) is 13.7. The first kappa shape index (κ1) is 28.9. The van der Waals surface area contributed by atoms with Crippen LogP contribution in [0.3, 0.4) is 0 Å². The molecule has 11 rings (SSSR count). The summed E-state index contributed by atoms with van der Waals surface area (Å²) in [4.78, 5) is 4.65. The molecule has 0 bridgehead atoms. The van der Waals surface area contributed by atoms with Gasteiger partial charge in [0.1, 0.15) is 45.2 Å². The molecular formula is C41H33BN2O7. The second kappa shape index (κ2) is 10.6. The Labute approximate surface area is 294 Å². The highest BCUT2D eigenvalue weighted by atomic mass is 16.6. The zero-order valence-corrected chi connectivity index (χ0v) is 28.5. The first-order valence-corrected chi connectivity index (χ1v) is 17.5. The Kier molecular flexibility index (Phi) is 5.98. The van der Waals surface area contributed by atoms with Crippen LogP contribution in [0.1, 0.15) is 16.7 Å². The molecule has 5 aliphatic rings. The van der Waals surface area contributed by atoms with Crippen LogP contribution in [0.5, 0.6) is 34.5 Å². The molecule has 9 nitrogen and oxygen atoms in total. The molecule has 6 heterocycles. The van der Waals surface area contributed by atoms with Gasteiger partial charge in [-0.05, 0) is 85.3 Å². The van der Waals surface area contributed by atoms with Crippen molar-refractivity contribution in [2.45, 2.75) is 20.8 Å². The summed E-state index contributed by atoms with van der Waals surface area (Å²) in [5.74, 6) is 5.30. The minimum Gasteiger partial charge on any atom is -0.486 e. The molecule has 0 saturated carbocycles. The van der Waals surface area contributed by atoms with E-state index in [1.165, 1.54) is 5.46 Å². The van der Waals surface area contributed by atoms with Gasteiger partial charge in [-0.3, -0.25) is 4.90 Å². The van der Waals surface area contributed by atoms with E-state index in [0.29, 0.717) is 39.6 Å². The van der Waals surface area contributed by atoms with Crippen molar-refractivity contribution >= 4 is 68.4 Å². The van der Waals surface area contributed by atoms with Crippen LogP contribution in [0, 0.1) is 20.8 Å². The van der Waals surface area contributed by atoms with Gasteiger partial charge in [0.2, 0.25) is 5.88 Å². The molecule has 0 unspecified atom stereocenters. The number of nitrogens with zero attached hydrogens (tertiary/aromatic N) is 2. The van der Waals surface area contributed by atoms with Crippen molar-refractivity contribution in [3.63, 3.8) is 0 Å². The van der Waals surface area contributed by atoms with Gasteiger partial charge < -0.3 is 37.7 Å². The van der Waals surface area contributed by atoms with Gasteiger partial charge in [-0.15, -0.1) is 0 Å². The van der Waals surface area contributed by atoms with Gasteiger partial charge in [-0.25, -0.2) is 0 Å². The van der Waals surface area contributed by atoms with Gasteiger partial charge in [-0.1, -0.05) is 18.2 Å². The Morgan fingerprint density at radius 2 is 1.24 bits per heavy atom. The molecule has 1 aromatic heterocycles. The average molecular weight is 677 g/mol. The summed E-state index contributed by atoms with van der Waals surface area (Å²) in [6.45, 7) is 9.32. The summed E-state index contributed by atoms with van der Waals surface area (Å²) >= 11 is 0. The first-order valence-electron chi connectivity index (χ1n) is 17.5. The SMILES string of the molecule is Cc1cc2c3c(c1)N(c1c(C)cc4c(c1C)OCCO4)c1oc4ccccc4c1B3c1cc3c(cc1N2c1ccc2c(c1)OCCO2)OCCO3. The molecule has 0 radical (unpaired) electrons. The maximum Gasteiger partial charge on any atom is 0.257 e. The monoisotopic (exact) mass is 676 g/mol. The molecule has 10 heteroatoms. The number of fused-ring (bicyclic) bond motifs is 9. The van der Waals surface area contributed by atoms with Crippen molar-refractivity contribution in [3.05, 3.63) is 89.5 Å². The highest BCUT2D eigenvalue weighted by Gasteiger charge is 2.47. The maximum atomic E-state index is 6.96. The fourth-order valence-electron chi connectivity index (χ4n) is 8.65. The van der Waals surface area contributed by atoms with E-state index in [4.69, 9.17) is 32.8 Å². The lowest BCUT2D eigenvalue weighted by atomic mass is 9.33. The summed E-state index contributed by atoms with van der Waals surface area (Å²) in [5, 5.41) is 1.07. The zero-order valence-electron chi connectivity index (χ0n) is 28.5. The van der Waals surface area contributed by atoms with Gasteiger partial charge >= 0.3 is 0 Å². The molecule has 51 heavy (non-hydrogen) atoms. The number of rotatable bonds is 2. The van der Waals surface area contributed by atoms with Crippen molar-refractivity contribution in [2.24, 2.45) is 0 Å². The van der Waals surface area contributed by atoms with E-state index in [-0.39, 0.29) is 6.71 Å². The van der Waals surface area contributed by atoms with Crippen LogP contribution in [0.4, 0.5) is 34.3 Å². The van der Waals surface area contributed by atoms with Crippen LogP contribution in [0.25, 0.3) is 11.0 Å². The van der Waals surface area contributed by atoms with Crippen LogP contribution in [0.2, 0.25) is 0 Å². The molecule has 6 aromatic rings. The third-order valence-corrected chi connectivity index (χ3v) is 10.6. The summed E-state index contributed by atoms with van der Waals surface area (Å²) < 4.78 is 43.8. The molecule has 0 fully saturated rings. The molecule has 0 aliphatic carbocycles. The van der Waals surface area contributed by atoms with Crippen molar-refractivity contribution in [1.82, 2.24) is 0 Å². The molecule has 5 aromatic carbocycles. The normalized spacial score (nSPS) is 16.1. The quantitative estimate of drug-likeness (QED) is 0.185. The van der Waals surface area contributed by atoms with E-state index < -0.39 is 0 Å². The van der Waals surface area contributed by atoms with Crippen LogP contribution >= 0.6 is 0 Å². The number of hydrogen-bond donors (Lipinski definition) is 0. The number of aryl methyl sites for hydroxylation is 2. The van der Waals surface area contributed by atoms with Gasteiger partial charge in [0.25, 0.3) is 6.71 Å². The first-order chi connectivity index (χ1) is 25.0. The number of para-hydroxylation sites is 1. The Morgan fingerprint density at radius 3 is 2.04 bits per heavy atom. The topological polar surface area (TPSA) is 75.0 Å². The molecular weight excluding hydrogens is 643 g/mol. The van der Waals surface area contributed by atoms with Crippen LogP contribution < -0.4 is 54.6 Å². The number of benzene rings is 5. The Morgan fingerprint density at radius 1 is 0.569 bits per heavy atom. The van der Waals surface area contributed by atoms with Crippen molar-refractivity contribution < 1.29 is 32.8 Å². The third kappa shape index (κ3) is 4.04. The molecule has 0 atom stereocenters. The molecule has 0 N–H and O–H groups in total. The summed E-state index contributed by atoms with van der Waals surface area (Å²) in [5.41, 5.74) is 12.5. The summed E-state index contributed by atoms with van der Waals surface area (Å²) in [6.07, 6.45) is 0. The van der Waals surface area contributed by atoms with E-state index in [0.717, 1.165) is 107 Å². The standard InChI is InChI=1S/C41H33BN2O7/c1-22-16-29-38-30(17-22)44(39-23(2)18-36-40(24(39)3)50-15-14-49-36)41-37(26-6-4-5-7-31(26)51-41)42(38)27-20-34-35(48-13-12-47-34)21-28(27)43(29)25-8-9-32-33(19-25)46-11-10-45-32/h4-9,16-21H,10-15H2,1-3H3. The molecule has 252 valence electrons. The highest BCUT2D eigenvalue weighted by molar-refractivity contribution is 7.01. The lowest BCUT2D eigenvalue weighted by Gasteiger charge is -2.43. The highest BCUT2D eigenvalue weighted by Crippen LogP contribution is 2.52. The minimum absolute atomic E-state index is 0.164. The maximum absolute atomic E-state index is 6.96. The van der Waals surface area contributed by atoms with Gasteiger partial charge in [0.05, 0.1) is 11.4 Å². The Bertz CT molecular complexity index is 2470. The van der Waals surface area contributed by atoms with Crippen LogP contribution in [-0.2, 0) is 0 Å². The van der Waals surface area contributed by atoms with Crippen molar-refractivity contribution in [3.8, 4) is 34.5 Å². The summed E-state index contributed by atoms with van der Waals surface area (Å²) in [7, 11) is 0. The molecule has 5 aliphatic heterocycles. The van der Waals surface area contributed by atoms with E-state index in [2.05, 4.69) is 91.2 Å². The predicted molar refractivity (Wildman–Crippen MR) is 197 cm³/mol. The largest absolute Gasteiger partial charge is 0.486 e. The van der Waals surface area contributed by atoms with Crippen LogP contribution in [-0.4, -0.2) is 46.4 Å². The second-order valence-electron chi connectivity index (χ2n) is 13.7. The van der Waals surface area contributed by atoms with Gasteiger partial charge in [0.15, 0.2) is 34.5 Å². The molecule has 0 saturated heterocycles. The fourth-order valence-corrected chi connectivity index (χ4v) is 8.65. The third-order valence-electron chi connectivity index (χ3n) is 10.6. The fraction of sp³-hybridized carbons (Fsp3) is 0.220. The summed E-state index contributed by atoms with van der Waals surface area (Å²) in [6, 6.07) is 25.5. The lowest BCUT2D eigenvalue weighted by molar-refractivity contribution is 0.170. The van der Waals surface area contributed by atoms with Crippen LogP contribution in [0.15, 0.2) is 77.2 Å². The van der Waals surface area contributed by atoms with E-state index in [1.54, 1.807) is 0 Å². The van der Waals surface area contributed by atoms with Crippen molar-refractivity contribution in [2.75, 3.05) is 49.4 Å². The number of furan rings is 1. The number of anilines is 6. The van der Waals surface area contributed by atoms with Gasteiger partial charge in [-0.2, -0.15) is 0 Å². The van der Waals surface area contributed by atoms with Gasteiger partial charge in [0, 0.05) is 45.6 Å². The van der Waals surface area contributed by atoms with Crippen molar-refractivity contribution in [1.29, 1.82) is 0 Å². The van der Waals surface area contributed by atoms with E-state index >= 15 is 0 Å². The predicted octanol–water partition coefficient (Wildman–Crippen LogP) is 6.75. The van der Waals surface area contributed by atoms with E-state index in [9.17, 15) is 0 Å². The zero-order chi connectivity index (χ0) is 34.0. The molecule has 0 amide bonds. The Balaban J connectivity index is 1.25. The minimum atomic E-state index is -0.164. The van der Waals surface area contributed by atoms with E-state index in [1.807, 2.05) is 12.1 Å². The smallest absolute Gasteiger partial charge is 0.257 e. The average Bonchev–Trinajstić information content (AvgIpc) is 3.54. The number of ether oxygens (including phenoxy) is 6. The lowest BCUT2D eigenvalue weighted by Crippen LogP contribution is -2.61. The molecule has 0 spiro atoms. The Hall–Kier alpha value is -5.90.